The minimum atomic E-state index is -1.17. The Morgan fingerprint density at radius 1 is 1.60 bits per heavy atom. The van der Waals surface area contributed by atoms with Gasteiger partial charge in [0.1, 0.15) is 0 Å². The van der Waals surface area contributed by atoms with Crippen molar-refractivity contribution in [2.45, 2.75) is 11.8 Å². The summed E-state index contributed by atoms with van der Waals surface area (Å²) in [5, 5.41) is 19.4. The molecule has 0 aromatic heterocycles. The number of hydrogen-bond donors (Lipinski definition) is 1. The maximum absolute atomic E-state index is 10.7. The van der Waals surface area contributed by atoms with E-state index in [2.05, 4.69) is 15.9 Å². The number of hydrogen-bond acceptors (Lipinski definition) is 3. The summed E-state index contributed by atoms with van der Waals surface area (Å²) in [6, 6.07) is 3.86. The van der Waals surface area contributed by atoms with Crippen LogP contribution in [0.25, 0.3) is 0 Å². The third kappa shape index (κ3) is 2.53. The molecule has 0 bridgehead atoms. The average molecular weight is 274 g/mol. The molecule has 1 rings (SSSR count). The molecule has 0 amide bonds. The molecular weight excluding hydrogens is 266 g/mol. The van der Waals surface area contributed by atoms with E-state index in [9.17, 15) is 14.9 Å². The molecule has 5 nitrogen and oxygen atoms in total. The summed E-state index contributed by atoms with van der Waals surface area (Å²) < 4.78 is 0. The second-order valence-electron chi connectivity index (χ2n) is 2.95. The zero-order valence-corrected chi connectivity index (χ0v) is 9.39. The van der Waals surface area contributed by atoms with Crippen molar-refractivity contribution >= 4 is 27.6 Å². The first kappa shape index (κ1) is 11.6. The lowest BCUT2D eigenvalue weighted by Crippen LogP contribution is -2.01. The van der Waals surface area contributed by atoms with Gasteiger partial charge in [0.05, 0.1) is 10.5 Å². The summed E-state index contributed by atoms with van der Waals surface area (Å²) >= 11 is 3.21. The summed E-state index contributed by atoms with van der Waals surface area (Å²) in [6.45, 7) is 1.74. The van der Waals surface area contributed by atoms with Crippen molar-refractivity contribution in [3.63, 3.8) is 0 Å². The van der Waals surface area contributed by atoms with E-state index in [0.29, 0.717) is 5.56 Å². The number of halogens is 1. The van der Waals surface area contributed by atoms with E-state index in [0.717, 1.165) is 6.07 Å². The Bertz CT molecular complexity index is 417. The molecule has 0 saturated carbocycles. The highest BCUT2D eigenvalue weighted by atomic mass is 79.9. The molecule has 0 radical (unpaired) electrons. The lowest BCUT2D eigenvalue weighted by Gasteiger charge is -2.05. The minimum Gasteiger partial charge on any atom is -0.478 e. The highest BCUT2D eigenvalue weighted by molar-refractivity contribution is 9.09. The predicted octanol–water partition coefficient (Wildman–Crippen LogP) is 2.75. The molecule has 1 unspecified atom stereocenters. The number of carbonyl (C=O) groups is 1. The predicted molar refractivity (Wildman–Crippen MR) is 57.4 cm³/mol. The van der Waals surface area contributed by atoms with Crippen LogP contribution >= 0.6 is 15.9 Å². The van der Waals surface area contributed by atoms with Gasteiger partial charge in [-0.25, -0.2) is 4.79 Å². The Morgan fingerprint density at radius 3 is 2.60 bits per heavy atom. The van der Waals surface area contributed by atoms with Crippen LogP contribution < -0.4 is 0 Å². The van der Waals surface area contributed by atoms with Crippen molar-refractivity contribution in [3.8, 4) is 0 Å². The molecule has 0 aliphatic rings. The van der Waals surface area contributed by atoms with Crippen molar-refractivity contribution in [1.29, 1.82) is 0 Å². The Hall–Kier alpha value is -1.43. The van der Waals surface area contributed by atoms with Crippen LogP contribution in [0.3, 0.4) is 0 Å². The summed E-state index contributed by atoms with van der Waals surface area (Å²) in [5.74, 6) is -1.17. The van der Waals surface area contributed by atoms with E-state index < -0.39 is 10.9 Å². The first-order chi connectivity index (χ1) is 6.93. The number of alkyl halides is 1. The number of aromatic carboxylic acids is 1. The van der Waals surface area contributed by atoms with Crippen molar-refractivity contribution in [2.75, 3.05) is 0 Å². The van der Waals surface area contributed by atoms with Gasteiger partial charge in [0.15, 0.2) is 0 Å². The third-order valence-corrected chi connectivity index (χ3v) is 2.40. The van der Waals surface area contributed by atoms with E-state index >= 15 is 0 Å². The van der Waals surface area contributed by atoms with Crippen molar-refractivity contribution in [1.82, 2.24) is 0 Å². The summed E-state index contributed by atoms with van der Waals surface area (Å²) in [5.41, 5.74) is 0.197. The van der Waals surface area contributed by atoms with Gasteiger partial charge in [-0.15, -0.1) is 0 Å². The fraction of sp³-hybridized carbons (Fsp3) is 0.222. The third-order valence-electron chi connectivity index (χ3n) is 1.90. The molecule has 0 fully saturated rings. The molecule has 15 heavy (non-hydrogen) atoms. The van der Waals surface area contributed by atoms with Crippen molar-refractivity contribution < 1.29 is 14.8 Å². The van der Waals surface area contributed by atoms with Crippen LogP contribution in [0.5, 0.6) is 0 Å². The SMILES string of the molecule is CC(Br)c1ccc(C(=O)O)cc1[N+](=O)[O-]. The number of nitro groups is 1. The normalized spacial score (nSPS) is 12.1. The zero-order valence-electron chi connectivity index (χ0n) is 7.81. The Kier molecular flexibility index (Phi) is 3.41. The van der Waals surface area contributed by atoms with Crippen LogP contribution in [0, 0.1) is 10.1 Å². The molecule has 0 spiro atoms. The molecule has 1 aromatic rings. The van der Waals surface area contributed by atoms with Gasteiger partial charge in [-0.2, -0.15) is 0 Å². The smallest absolute Gasteiger partial charge is 0.335 e. The molecule has 6 heteroatoms. The zero-order chi connectivity index (χ0) is 11.6. The molecule has 1 aromatic carbocycles. The van der Waals surface area contributed by atoms with E-state index in [4.69, 9.17) is 5.11 Å². The van der Waals surface area contributed by atoms with Crippen LogP contribution in [-0.2, 0) is 0 Å². The van der Waals surface area contributed by atoms with Gasteiger partial charge < -0.3 is 5.11 Å². The number of rotatable bonds is 3. The molecule has 0 aliphatic carbocycles. The number of carboxylic acids is 1. The Labute approximate surface area is 94.0 Å². The lowest BCUT2D eigenvalue weighted by atomic mass is 10.1. The number of nitrogens with zero attached hydrogens (tertiary/aromatic N) is 1. The summed E-state index contributed by atoms with van der Waals surface area (Å²) in [4.78, 5) is 20.5. The van der Waals surface area contributed by atoms with Crippen molar-refractivity contribution in [2.24, 2.45) is 0 Å². The molecule has 1 N–H and O–H groups in total. The number of benzene rings is 1. The molecule has 1 atom stereocenters. The standard InChI is InChI=1S/C9H8BrNO4/c1-5(10)7-3-2-6(9(12)13)4-8(7)11(14)15/h2-5H,1H3,(H,12,13). The quantitative estimate of drug-likeness (QED) is 0.522. The fourth-order valence-corrected chi connectivity index (χ4v) is 1.56. The van der Waals surface area contributed by atoms with Gasteiger partial charge in [0, 0.05) is 16.5 Å². The Balaban J connectivity index is 3.33. The highest BCUT2D eigenvalue weighted by Gasteiger charge is 2.19. The van der Waals surface area contributed by atoms with Gasteiger partial charge in [-0.3, -0.25) is 10.1 Å². The molecule has 80 valence electrons. The molecule has 0 aliphatic heterocycles. The maximum atomic E-state index is 10.7. The maximum Gasteiger partial charge on any atom is 0.335 e. The van der Waals surface area contributed by atoms with Crippen LogP contribution in [0.4, 0.5) is 5.69 Å². The molecule has 0 heterocycles. The summed E-state index contributed by atoms with van der Waals surface area (Å²) in [6.07, 6.45) is 0. The fourth-order valence-electron chi connectivity index (χ4n) is 1.17. The Morgan fingerprint density at radius 2 is 2.20 bits per heavy atom. The van der Waals surface area contributed by atoms with Gasteiger partial charge in [-0.05, 0) is 13.0 Å². The number of nitro benzene ring substituents is 1. The van der Waals surface area contributed by atoms with Crippen molar-refractivity contribution in [3.05, 3.63) is 39.4 Å². The molecular formula is C9H8BrNO4. The lowest BCUT2D eigenvalue weighted by molar-refractivity contribution is -0.385. The average Bonchev–Trinajstić information content (AvgIpc) is 2.16. The van der Waals surface area contributed by atoms with Gasteiger partial charge in [0.2, 0.25) is 0 Å². The van der Waals surface area contributed by atoms with Gasteiger partial charge in [0.25, 0.3) is 5.69 Å². The molecule has 0 saturated heterocycles. The topological polar surface area (TPSA) is 80.4 Å². The summed E-state index contributed by atoms with van der Waals surface area (Å²) in [7, 11) is 0. The van der Waals surface area contributed by atoms with E-state index in [-0.39, 0.29) is 16.1 Å². The second kappa shape index (κ2) is 4.39. The number of carboxylic acid groups (broad SMARTS) is 1. The van der Waals surface area contributed by atoms with Crippen LogP contribution in [0.2, 0.25) is 0 Å². The van der Waals surface area contributed by atoms with E-state index in [1.54, 1.807) is 6.92 Å². The van der Waals surface area contributed by atoms with E-state index in [1.807, 2.05) is 0 Å². The van der Waals surface area contributed by atoms with Crippen LogP contribution in [-0.4, -0.2) is 16.0 Å². The van der Waals surface area contributed by atoms with Crippen LogP contribution in [0.15, 0.2) is 18.2 Å². The van der Waals surface area contributed by atoms with E-state index in [1.165, 1.54) is 12.1 Å². The van der Waals surface area contributed by atoms with Gasteiger partial charge >= 0.3 is 5.97 Å². The monoisotopic (exact) mass is 273 g/mol. The highest BCUT2D eigenvalue weighted by Crippen LogP contribution is 2.31. The van der Waals surface area contributed by atoms with Crippen LogP contribution in [0.1, 0.15) is 27.7 Å². The largest absolute Gasteiger partial charge is 0.478 e. The minimum absolute atomic E-state index is 0.0846. The first-order valence-corrected chi connectivity index (χ1v) is 5.00. The van der Waals surface area contributed by atoms with Gasteiger partial charge in [-0.1, -0.05) is 22.0 Å². The first-order valence-electron chi connectivity index (χ1n) is 4.09. The second-order valence-corrected chi connectivity index (χ2v) is 4.33.